The molecular formula is C30H30N6O2. The van der Waals surface area contributed by atoms with Gasteiger partial charge in [0.25, 0.3) is 0 Å². The van der Waals surface area contributed by atoms with Crippen LogP contribution in [0.15, 0.2) is 54.7 Å². The van der Waals surface area contributed by atoms with Gasteiger partial charge in [0.2, 0.25) is 5.91 Å². The van der Waals surface area contributed by atoms with E-state index in [0.29, 0.717) is 0 Å². The van der Waals surface area contributed by atoms with Gasteiger partial charge in [-0.15, -0.1) is 0 Å². The quantitative estimate of drug-likeness (QED) is 0.421. The van der Waals surface area contributed by atoms with Crippen molar-refractivity contribution in [2.24, 2.45) is 0 Å². The minimum atomic E-state index is -0.510. The fourth-order valence-electron chi connectivity index (χ4n) is 5.99. The molecule has 8 heteroatoms. The predicted molar refractivity (Wildman–Crippen MR) is 150 cm³/mol. The number of H-pyrrole nitrogens is 1. The molecular weight excluding hydrogens is 476 g/mol. The number of rotatable bonds is 5. The lowest BCUT2D eigenvalue weighted by Crippen LogP contribution is -2.44. The molecule has 8 nitrogen and oxygen atoms in total. The lowest BCUT2D eigenvalue weighted by Gasteiger charge is -2.33. The molecule has 192 valence electrons. The van der Waals surface area contributed by atoms with Gasteiger partial charge < -0.3 is 19.9 Å². The maximum atomic E-state index is 13.0. The molecule has 1 saturated heterocycles. The van der Waals surface area contributed by atoms with E-state index in [1.165, 1.54) is 0 Å². The molecule has 2 aromatic heterocycles. The highest BCUT2D eigenvalue weighted by atomic mass is 16.5. The molecule has 0 bridgehead atoms. The van der Waals surface area contributed by atoms with Crippen molar-refractivity contribution in [1.82, 2.24) is 20.1 Å². The molecule has 1 amide bonds. The lowest BCUT2D eigenvalue weighted by molar-refractivity contribution is -0.118. The summed E-state index contributed by atoms with van der Waals surface area (Å²) in [5.41, 5.74) is 5.45. The summed E-state index contributed by atoms with van der Waals surface area (Å²) in [5, 5.41) is 11.9. The Labute approximate surface area is 221 Å². The number of carbonyl (C=O) groups is 1. The highest BCUT2D eigenvalue weighted by Crippen LogP contribution is 2.65. The second-order valence-electron chi connectivity index (χ2n) is 10.6. The summed E-state index contributed by atoms with van der Waals surface area (Å²) < 4.78 is 5.42. The van der Waals surface area contributed by atoms with Crippen molar-refractivity contribution < 1.29 is 9.53 Å². The van der Waals surface area contributed by atoms with Gasteiger partial charge in [0.15, 0.2) is 0 Å². The third-order valence-corrected chi connectivity index (χ3v) is 8.37. The molecule has 1 spiro atoms. The fourth-order valence-corrected chi connectivity index (χ4v) is 5.99. The molecule has 0 unspecified atom stereocenters. The maximum Gasteiger partial charge on any atom is 0.235 e. The van der Waals surface area contributed by atoms with E-state index in [2.05, 4.69) is 67.7 Å². The van der Waals surface area contributed by atoms with Gasteiger partial charge in [0.05, 0.1) is 23.7 Å². The third-order valence-electron chi connectivity index (χ3n) is 8.37. The molecule has 2 aliphatic heterocycles. The van der Waals surface area contributed by atoms with E-state index in [4.69, 9.17) is 4.74 Å². The van der Waals surface area contributed by atoms with Gasteiger partial charge in [0, 0.05) is 49.4 Å². The summed E-state index contributed by atoms with van der Waals surface area (Å²) >= 11 is 0. The van der Waals surface area contributed by atoms with Crippen molar-refractivity contribution in [3.63, 3.8) is 0 Å². The maximum absolute atomic E-state index is 13.0. The number of hydrogen-bond donors (Lipinski definition) is 2. The number of ether oxygens (including phenoxy) is 1. The number of hydrogen-bond acceptors (Lipinski definition) is 6. The third kappa shape index (κ3) is 3.67. The van der Waals surface area contributed by atoms with Crippen molar-refractivity contribution in [3.05, 3.63) is 77.1 Å². The number of piperazine rings is 1. The van der Waals surface area contributed by atoms with Crippen LogP contribution in [-0.4, -0.2) is 66.3 Å². The van der Waals surface area contributed by atoms with Crippen LogP contribution in [0, 0.1) is 0 Å². The number of pyridine rings is 1. The zero-order valence-electron chi connectivity index (χ0n) is 21.6. The number of nitrogens with one attached hydrogen (secondary N) is 2. The van der Waals surface area contributed by atoms with Crippen molar-refractivity contribution in [2.75, 3.05) is 50.6 Å². The zero-order valence-corrected chi connectivity index (χ0v) is 21.6. The van der Waals surface area contributed by atoms with E-state index in [9.17, 15) is 4.79 Å². The first-order valence-electron chi connectivity index (χ1n) is 13.1. The minimum Gasteiger partial charge on any atom is -0.497 e. The molecule has 2 fully saturated rings. The zero-order chi connectivity index (χ0) is 25.9. The van der Waals surface area contributed by atoms with Crippen LogP contribution >= 0.6 is 0 Å². The largest absolute Gasteiger partial charge is 0.497 e. The van der Waals surface area contributed by atoms with Crippen LogP contribution in [0.2, 0.25) is 0 Å². The second kappa shape index (κ2) is 8.70. The minimum absolute atomic E-state index is 0.0753. The number of fused-ring (bicyclic) bond motifs is 3. The summed E-state index contributed by atoms with van der Waals surface area (Å²) in [6, 6.07) is 16.4. The Morgan fingerprint density at radius 1 is 1.05 bits per heavy atom. The Kier molecular flexibility index (Phi) is 5.26. The number of methoxy groups -OCH3 is 1. The SMILES string of the molecule is COc1ccc2c(c1)[C@]1(C[C@@H]1c1ccc3c(C=Cc4ccc(N5CCN(C)CC5)nc4)n[nH]c3c1)C(=O)N2. The number of aromatic nitrogens is 3. The highest BCUT2D eigenvalue weighted by Gasteiger charge is 2.65. The number of amides is 1. The van der Waals surface area contributed by atoms with Crippen LogP contribution in [0.3, 0.4) is 0 Å². The molecule has 0 radical (unpaired) electrons. The van der Waals surface area contributed by atoms with Crippen LogP contribution in [-0.2, 0) is 10.2 Å². The number of carbonyl (C=O) groups excluding carboxylic acids is 1. The molecule has 2 N–H and O–H groups in total. The number of likely N-dealkylation sites (N-methyl/N-ethyl adjacent to an activating group) is 1. The van der Waals surface area contributed by atoms with Gasteiger partial charge in [-0.3, -0.25) is 9.89 Å². The first-order valence-corrected chi connectivity index (χ1v) is 13.1. The first-order chi connectivity index (χ1) is 18.5. The number of nitrogens with zero attached hydrogens (tertiary/aromatic N) is 4. The van der Waals surface area contributed by atoms with E-state index in [0.717, 1.165) is 83.1 Å². The summed E-state index contributed by atoms with van der Waals surface area (Å²) in [6.45, 7) is 4.14. The number of benzene rings is 2. The van der Waals surface area contributed by atoms with Crippen LogP contribution in [0.4, 0.5) is 11.5 Å². The molecule has 4 heterocycles. The van der Waals surface area contributed by atoms with Crippen LogP contribution in [0.1, 0.15) is 34.7 Å². The Morgan fingerprint density at radius 3 is 2.71 bits per heavy atom. The van der Waals surface area contributed by atoms with Crippen LogP contribution in [0.5, 0.6) is 5.75 Å². The molecule has 2 aromatic carbocycles. The summed E-state index contributed by atoms with van der Waals surface area (Å²) in [4.78, 5) is 22.4. The van der Waals surface area contributed by atoms with Crippen LogP contribution < -0.4 is 15.0 Å². The van der Waals surface area contributed by atoms with Crippen molar-refractivity contribution in [1.29, 1.82) is 0 Å². The lowest BCUT2D eigenvalue weighted by atomic mass is 9.91. The van der Waals surface area contributed by atoms with Gasteiger partial charge in [0.1, 0.15) is 11.6 Å². The number of anilines is 2. The molecule has 2 atom stereocenters. The Balaban J connectivity index is 1.09. The van der Waals surface area contributed by atoms with Crippen molar-refractivity contribution >= 4 is 40.5 Å². The van der Waals surface area contributed by atoms with Gasteiger partial charge in [-0.2, -0.15) is 5.10 Å². The predicted octanol–water partition coefficient (Wildman–Crippen LogP) is 4.27. The number of aromatic amines is 1. The van der Waals surface area contributed by atoms with Gasteiger partial charge >= 0.3 is 0 Å². The van der Waals surface area contributed by atoms with Gasteiger partial charge in [-0.25, -0.2) is 4.98 Å². The van der Waals surface area contributed by atoms with Crippen LogP contribution in [0.25, 0.3) is 23.1 Å². The smallest absolute Gasteiger partial charge is 0.235 e. The fraction of sp³-hybridized carbons (Fsp3) is 0.300. The second-order valence-corrected chi connectivity index (χ2v) is 10.6. The first kappa shape index (κ1) is 23.0. The van der Waals surface area contributed by atoms with E-state index >= 15 is 0 Å². The van der Waals surface area contributed by atoms with E-state index < -0.39 is 5.41 Å². The molecule has 1 aliphatic carbocycles. The summed E-state index contributed by atoms with van der Waals surface area (Å²) in [5.74, 6) is 2.01. The Morgan fingerprint density at radius 2 is 1.92 bits per heavy atom. The average Bonchev–Trinajstić information content (AvgIpc) is 3.49. The Bertz CT molecular complexity index is 1570. The average molecular weight is 507 g/mol. The summed E-state index contributed by atoms with van der Waals surface area (Å²) in [6.07, 6.45) is 6.79. The van der Waals surface area contributed by atoms with E-state index in [-0.39, 0.29) is 11.8 Å². The van der Waals surface area contributed by atoms with E-state index in [1.807, 2.05) is 36.5 Å². The molecule has 7 rings (SSSR count). The molecule has 1 saturated carbocycles. The molecule has 4 aromatic rings. The normalized spacial score (nSPS) is 22.8. The Hall–Kier alpha value is -4.17. The van der Waals surface area contributed by atoms with Crippen molar-refractivity contribution in [2.45, 2.75) is 17.8 Å². The van der Waals surface area contributed by atoms with E-state index in [1.54, 1.807) is 7.11 Å². The highest BCUT2D eigenvalue weighted by molar-refractivity contribution is 6.10. The molecule has 3 aliphatic rings. The van der Waals surface area contributed by atoms with Gasteiger partial charge in [-0.05, 0) is 72.6 Å². The summed E-state index contributed by atoms with van der Waals surface area (Å²) in [7, 11) is 3.81. The standard InChI is InChI=1S/C30H30N6O2/c1-35-11-13-36(14-12-35)28-10-4-19(18-31-28)3-8-25-22-7-5-20(15-27(22)34-33-25)24-17-30(24)23-16-21(38-2)6-9-26(23)32-29(30)37/h3-10,15-16,18,24H,11-14,17H2,1-2H3,(H,32,37)(H,33,34)/t24-,30+/m1/s1. The topological polar surface area (TPSA) is 86.4 Å². The van der Waals surface area contributed by atoms with Crippen molar-refractivity contribution in [3.8, 4) is 5.75 Å². The monoisotopic (exact) mass is 506 g/mol. The molecule has 38 heavy (non-hydrogen) atoms. The van der Waals surface area contributed by atoms with Gasteiger partial charge in [-0.1, -0.05) is 18.2 Å².